The molecule has 26 heavy (non-hydrogen) atoms. The molecule has 0 aromatic heterocycles. The van der Waals surface area contributed by atoms with Gasteiger partial charge in [0, 0.05) is 17.8 Å². The fourth-order valence-electron chi connectivity index (χ4n) is 2.59. The SMILES string of the molecule is CCC(C)NC(=O)C(C)NC(=O)CCCOc1cccc2ccccc12. The molecule has 140 valence electrons. The van der Waals surface area contributed by atoms with E-state index in [4.69, 9.17) is 4.74 Å². The maximum atomic E-state index is 12.0. The van der Waals surface area contributed by atoms with E-state index in [0.29, 0.717) is 19.4 Å². The summed E-state index contributed by atoms with van der Waals surface area (Å²) in [5.74, 6) is 0.530. The summed E-state index contributed by atoms with van der Waals surface area (Å²) in [5, 5.41) is 7.79. The number of benzene rings is 2. The minimum atomic E-state index is -0.532. The molecule has 0 bridgehead atoms. The van der Waals surface area contributed by atoms with Gasteiger partial charge in [-0.15, -0.1) is 0 Å². The number of rotatable bonds is 9. The van der Waals surface area contributed by atoms with Crippen LogP contribution in [0.2, 0.25) is 0 Å². The van der Waals surface area contributed by atoms with Crippen molar-refractivity contribution in [3.63, 3.8) is 0 Å². The lowest BCUT2D eigenvalue weighted by Crippen LogP contribution is -2.47. The van der Waals surface area contributed by atoms with Crippen molar-refractivity contribution in [3.8, 4) is 5.75 Å². The number of fused-ring (bicyclic) bond motifs is 1. The van der Waals surface area contributed by atoms with E-state index in [9.17, 15) is 9.59 Å². The summed E-state index contributed by atoms with van der Waals surface area (Å²) in [6.07, 6.45) is 1.78. The first-order valence-corrected chi connectivity index (χ1v) is 9.21. The highest BCUT2D eigenvalue weighted by molar-refractivity contribution is 5.88. The van der Waals surface area contributed by atoms with Gasteiger partial charge in [0.15, 0.2) is 0 Å². The van der Waals surface area contributed by atoms with Gasteiger partial charge >= 0.3 is 0 Å². The number of hydrogen-bond acceptors (Lipinski definition) is 3. The molecule has 0 heterocycles. The van der Waals surface area contributed by atoms with E-state index in [1.165, 1.54) is 0 Å². The van der Waals surface area contributed by atoms with Crippen LogP contribution in [0.1, 0.15) is 40.0 Å². The lowest BCUT2D eigenvalue weighted by atomic mass is 10.1. The maximum absolute atomic E-state index is 12.0. The van der Waals surface area contributed by atoms with Crippen LogP contribution in [-0.4, -0.2) is 30.5 Å². The Labute approximate surface area is 155 Å². The summed E-state index contributed by atoms with van der Waals surface area (Å²) in [4.78, 5) is 23.9. The maximum Gasteiger partial charge on any atom is 0.242 e. The summed E-state index contributed by atoms with van der Waals surface area (Å²) >= 11 is 0. The first-order valence-electron chi connectivity index (χ1n) is 9.21. The summed E-state index contributed by atoms with van der Waals surface area (Å²) in [6.45, 7) is 6.10. The molecule has 2 aromatic rings. The summed E-state index contributed by atoms with van der Waals surface area (Å²) in [6, 6.07) is 13.6. The second-order valence-electron chi connectivity index (χ2n) is 6.54. The Morgan fingerprint density at radius 1 is 1.04 bits per heavy atom. The lowest BCUT2D eigenvalue weighted by molar-refractivity contribution is -0.129. The average Bonchev–Trinajstić information content (AvgIpc) is 2.65. The molecule has 0 aliphatic heterocycles. The van der Waals surface area contributed by atoms with Crippen LogP contribution in [0.4, 0.5) is 0 Å². The zero-order valence-corrected chi connectivity index (χ0v) is 15.7. The Kier molecular flexibility index (Phi) is 7.45. The van der Waals surface area contributed by atoms with Crippen molar-refractivity contribution in [1.29, 1.82) is 0 Å². The molecular formula is C21H28N2O3. The van der Waals surface area contributed by atoms with Crippen LogP contribution in [0.25, 0.3) is 10.8 Å². The zero-order chi connectivity index (χ0) is 18.9. The smallest absolute Gasteiger partial charge is 0.242 e. The minimum Gasteiger partial charge on any atom is -0.493 e. The number of amides is 2. The van der Waals surface area contributed by atoms with Crippen molar-refractivity contribution in [2.45, 2.75) is 52.1 Å². The third-order valence-electron chi connectivity index (χ3n) is 4.33. The highest BCUT2D eigenvalue weighted by Gasteiger charge is 2.16. The van der Waals surface area contributed by atoms with Gasteiger partial charge in [-0.3, -0.25) is 9.59 Å². The zero-order valence-electron chi connectivity index (χ0n) is 15.7. The number of carbonyl (C=O) groups excluding carboxylic acids is 2. The fraction of sp³-hybridized carbons (Fsp3) is 0.429. The molecule has 0 saturated heterocycles. The Balaban J connectivity index is 1.74. The van der Waals surface area contributed by atoms with Crippen LogP contribution >= 0.6 is 0 Å². The van der Waals surface area contributed by atoms with Gasteiger partial charge in [0.2, 0.25) is 11.8 Å². The molecule has 2 rings (SSSR count). The first-order chi connectivity index (χ1) is 12.5. The average molecular weight is 356 g/mol. The molecule has 0 spiro atoms. The molecule has 0 aliphatic rings. The van der Waals surface area contributed by atoms with Crippen LogP contribution in [0, 0.1) is 0 Å². The van der Waals surface area contributed by atoms with Gasteiger partial charge in [0.1, 0.15) is 11.8 Å². The summed E-state index contributed by atoms with van der Waals surface area (Å²) in [5.41, 5.74) is 0. The molecule has 2 unspecified atom stereocenters. The standard InChI is InChI=1S/C21H28N2O3/c1-4-15(2)22-21(25)16(3)23-20(24)13-8-14-26-19-12-7-10-17-9-5-6-11-18(17)19/h5-7,9-12,15-16H,4,8,13-14H2,1-3H3,(H,22,25)(H,23,24). The molecule has 2 atom stereocenters. The molecule has 5 nitrogen and oxygen atoms in total. The van der Waals surface area contributed by atoms with Gasteiger partial charge in [-0.1, -0.05) is 43.3 Å². The minimum absolute atomic E-state index is 0.107. The van der Waals surface area contributed by atoms with Crippen molar-refractivity contribution in [3.05, 3.63) is 42.5 Å². The number of hydrogen-bond donors (Lipinski definition) is 2. The number of nitrogens with one attached hydrogen (secondary N) is 2. The molecule has 2 aromatic carbocycles. The Morgan fingerprint density at radius 3 is 2.54 bits per heavy atom. The second-order valence-corrected chi connectivity index (χ2v) is 6.54. The van der Waals surface area contributed by atoms with E-state index in [0.717, 1.165) is 22.9 Å². The normalized spacial score (nSPS) is 13.0. The van der Waals surface area contributed by atoms with E-state index in [1.54, 1.807) is 6.92 Å². The second kappa shape index (κ2) is 9.80. The predicted molar refractivity (Wildman–Crippen MR) is 104 cm³/mol. The largest absolute Gasteiger partial charge is 0.493 e. The molecule has 0 aliphatic carbocycles. The van der Waals surface area contributed by atoms with Crippen LogP contribution < -0.4 is 15.4 Å². The highest BCUT2D eigenvalue weighted by atomic mass is 16.5. The highest BCUT2D eigenvalue weighted by Crippen LogP contribution is 2.25. The van der Waals surface area contributed by atoms with Gasteiger partial charge in [-0.25, -0.2) is 0 Å². The molecular weight excluding hydrogens is 328 g/mol. The molecule has 2 N–H and O–H groups in total. The third-order valence-corrected chi connectivity index (χ3v) is 4.33. The lowest BCUT2D eigenvalue weighted by Gasteiger charge is -2.17. The van der Waals surface area contributed by atoms with Crippen molar-refractivity contribution in [1.82, 2.24) is 10.6 Å². The van der Waals surface area contributed by atoms with Crippen LogP contribution in [0.15, 0.2) is 42.5 Å². The monoisotopic (exact) mass is 356 g/mol. The predicted octanol–water partition coefficient (Wildman–Crippen LogP) is 3.42. The third kappa shape index (κ3) is 5.76. The van der Waals surface area contributed by atoms with Crippen molar-refractivity contribution in [2.24, 2.45) is 0 Å². The van der Waals surface area contributed by atoms with E-state index in [1.807, 2.05) is 56.3 Å². The molecule has 2 amide bonds. The van der Waals surface area contributed by atoms with E-state index in [-0.39, 0.29) is 17.9 Å². The van der Waals surface area contributed by atoms with Crippen molar-refractivity contribution in [2.75, 3.05) is 6.61 Å². The number of ether oxygens (including phenoxy) is 1. The van der Waals surface area contributed by atoms with Gasteiger partial charge in [-0.05, 0) is 38.1 Å². The van der Waals surface area contributed by atoms with Gasteiger partial charge < -0.3 is 15.4 Å². The van der Waals surface area contributed by atoms with Crippen LogP contribution in [0.3, 0.4) is 0 Å². The Hall–Kier alpha value is -2.56. The molecule has 0 radical (unpaired) electrons. The first kappa shape index (κ1) is 19.8. The number of carbonyl (C=O) groups is 2. The Bertz CT molecular complexity index is 740. The topological polar surface area (TPSA) is 67.4 Å². The molecule has 5 heteroatoms. The quantitative estimate of drug-likeness (QED) is 0.677. The Morgan fingerprint density at radius 2 is 1.77 bits per heavy atom. The molecule has 0 fully saturated rings. The van der Waals surface area contributed by atoms with E-state index < -0.39 is 6.04 Å². The summed E-state index contributed by atoms with van der Waals surface area (Å²) in [7, 11) is 0. The van der Waals surface area contributed by atoms with Crippen LogP contribution in [0.5, 0.6) is 5.75 Å². The van der Waals surface area contributed by atoms with Crippen LogP contribution in [-0.2, 0) is 9.59 Å². The van der Waals surface area contributed by atoms with Gasteiger partial charge in [0.05, 0.1) is 6.61 Å². The van der Waals surface area contributed by atoms with E-state index in [2.05, 4.69) is 10.6 Å². The van der Waals surface area contributed by atoms with Gasteiger partial charge in [-0.2, -0.15) is 0 Å². The van der Waals surface area contributed by atoms with Gasteiger partial charge in [0.25, 0.3) is 0 Å². The van der Waals surface area contributed by atoms with E-state index >= 15 is 0 Å². The summed E-state index contributed by atoms with van der Waals surface area (Å²) < 4.78 is 5.83. The molecule has 0 saturated carbocycles. The fourth-order valence-corrected chi connectivity index (χ4v) is 2.59. The van der Waals surface area contributed by atoms with Crippen molar-refractivity contribution >= 4 is 22.6 Å². The van der Waals surface area contributed by atoms with Crippen molar-refractivity contribution < 1.29 is 14.3 Å².